The number of para-hydroxylation sites is 1. The molecule has 0 bridgehead atoms. The fourth-order valence-electron chi connectivity index (χ4n) is 3.12. The molecule has 0 radical (unpaired) electrons. The lowest BCUT2D eigenvalue weighted by atomic mass is 10.2. The van der Waals surface area contributed by atoms with Crippen molar-refractivity contribution in [3.05, 3.63) is 42.4 Å². The third kappa shape index (κ3) is 3.12. The van der Waals surface area contributed by atoms with Gasteiger partial charge < -0.3 is 9.64 Å². The van der Waals surface area contributed by atoms with E-state index in [9.17, 15) is 4.79 Å². The van der Waals surface area contributed by atoms with Crippen LogP contribution in [0.25, 0.3) is 20.9 Å². The smallest absolute Gasteiger partial charge is 0.274 e. The molecular weight excluding hydrogens is 336 g/mol. The van der Waals surface area contributed by atoms with E-state index in [4.69, 9.17) is 4.74 Å². The number of carbonyl (C=O) groups excluding carboxylic acids is 1. The van der Waals surface area contributed by atoms with Crippen LogP contribution in [-0.4, -0.2) is 51.1 Å². The first kappa shape index (κ1) is 16.1. The molecule has 0 spiro atoms. The summed E-state index contributed by atoms with van der Waals surface area (Å²) in [5, 5.41) is 0.715. The quantitative estimate of drug-likeness (QED) is 0.708. The van der Waals surface area contributed by atoms with E-state index in [0.29, 0.717) is 29.5 Å². The van der Waals surface area contributed by atoms with Gasteiger partial charge in [0.1, 0.15) is 10.7 Å². The summed E-state index contributed by atoms with van der Waals surface area (Å²) in [5.74, 6) is -0.121. The van der Waals surface area contributed by atoms with Gasteiger partial charge >= 0.3 is 0 Å². The molecule has 0 unspecified atom stereocenters. The Balaban J connectivity index is 1.72. The van der Waals surface area contributed by atoms with Gasteiger partial charge in [-0.1, -0.05) is 12.1 Å². The second-order valence-electron chi connectivity index (χ2n) is 6.21. The summed E-state index contributed by atoms with van der Waals surface area (Å²) in [7, 11) is 0. The average molecular weight is 354 g/mol. The highest BCUT2D eigenvalue weighted by molar-refractivity contribution is 7.21. The van der Waals surface area contributed by atoms with E-state index in [-0.39, 0.29) is 18.1 Å². The monoisotopic (exact) mass is 354 g/mol. The minimum atomic E-state index is -0.121. The Morgan fingerprint density at radius 3 is 2.64 bits per heavy atom. The number of fused-ring (bicyclic) bond motifs is 1. The van der Waals surface area contributed by atoms with Crippen LogP contribution >= 0.6 is 11.3 Å². The Hall–Kier alpha value is -2.38. The summed E-state index contributed by atoms with van der Waals surface area (Å²) in [4.78, 5) is 28.2. The molecule has 3 aromatic rings. The van der Waals surface area contributed by atoms with Gasteiger partial charge in [-0.25, -0.2) is 15.0 Å². The van der Waals surface area contributed by atoms with Crippen molar-refractivity contribution in [2.24, 2.45) is 0 Å². The number of nitrogens with zero attached hydrogens (tertiary/aromatic N) is 4. The minimum absolute atomic E-state index is 0.00951. The van der Waals surface area contributed by atoms with Crippen molar-refractivity contribution in [1.29, 1.82) is 0 Å². The highest BCUT2D eigenvalue weighted by atomic mass is 32.1. The molecule has 6 nitrogen and oxygen atoms in total. The van der Waals surface area contributed by atoms with E-state index in [1.165, 1.54) is 11.3 Å². The van der Waals surface area contributed by atoms with Gasteiger partial charge in [0.25, 0.3) is 5.91 Å². The van der Waals surface area contributed by atoms with E-state index < -0.39 is 0 Å². The number of hydrogen-bond donors (Lipinski definition) is 0. The zero-order chi connectivity index (χ0) is 17.4. The molecule has 0 saturated carbocycles. The molecule has 0 N–H and O–H groups in total. The lowest BCUT2D eigenvalue weighted by Crippen LogP contribution is -2.48. The maximum atomic E-state index is 13.0. The maximum Gasteiger partial charge on any atom is 0.274 e. The van der Waals surface area contributed by atoms with Gasteiger partial charge in [0.2, 0.25) is 0 Å². The predicted molar refractivity (Wildman–Crippen MR) is 96.6 cm³/mol. The fourth-order valence-corrected chi connectivity index (χ4v) is 4.08. The number of thiazole rings is 1. The average Bonchev–Trinajstić information content (AvgIpc) is 3.04. The van der Waals surface area contributed by atoms with Crippen molar-refractivity contribution in [2.75, 3.05) is 13.1 Å². The highest BCUT2D eigenvalue weighted by Gasteiger charge is 2.29. The molecule has 128 valence electrons. The first-order valence-corrected chi connectivity index (χ1v) is 9.05. The van der Waals surface area contributed by atoms with Crippen molar-refractivity contribution in [3.63, 3.8) is 0 Å². The first-order valence-electron chi connectivity index (χ1n) is 8.23. The van der Waals surface area contributed by atoms with Crippen LogP contribution in [0, 0.1) is 0 Å². The molecule has 3 heterocycles. The third-order valence-electron chi connectivity index (χ3n) is 4.10. The molecule has 1 aliphatic heterocycles. The molecule has 0 aliphatic carbocycles. The van der Waals surface area contributed by atoms with Crippen molar-refractivity contribution >= 4 is 27.5 Å². The second kappa shape index (κ2) is 6.50. The van der Waals surface area contributed by atoms with Gasteiger partial charge in [-0.15, -0.1) is 11.3 Å². The van der Waals surface area contributed by atoms with Crippen LogP contribution in [0.5, 0.6) is 0 Å². The first-order chi connectivity index (χ1) is 12.1. The zero-order valence-electron chi connectivity index (χ0n) is 14.0. The van der Waals surface area contributed by atoms with Crippen molar-refractivity contribution < 1.29 is 9.53 Å². The number of ether oxygens (including phenoxy) is 1. The van der Waals surface area contributed by atoms with E-state index in [1.807, 2.05) is 38.1 Å². The summed E-state index contributed by atoms with van der Waals surface area (Å²) in [5.41, 5.74) is 1.79. The number of hydrogen-bond acceptors (Lipinski definition) is 6. The van der Waals surface area contributed by atoms with Crippen LogP contribution in [0.4, 0.5) is 0 Å². The predicted octanol–water partition coefficient (Wildman–Crippen LogP) is 3.00. The SMILES string of the molecule is C[C@H]1CN(C(=O)c2nccnc2-c2nc3ccccc3s2)C[C@H](C)O1. The summed E-state index contributed by atoms with van der Waals surface area (Å²) in [6.07, 6.45) is 3.17. The topological polar surface area (TPSA) is 68.2 Å². The van der Waals surface area contributed by atoms with Gasteiger partial charge in [0.05, 0.1) is 22.4 Å². The number of amides is 1. The number of carbonyl (C=O) groups is 1. The summed E-state index contributed by atoms with van der Waals surface area (Å²) < 4.78 is 6.78. The number of aromatic nitrogens is 3. The van der Waals surface area contributed by atoms with E-state index in [1.54, 1.807) is 17.3 Å². The van der Waals surface area contributed by atoms with E-state index in [0.717, 1.165) is 10.2 Å². The molecule has 1 saturated heterocycles. The van der Waals surface area contributed by atoms with Crippen molar-refractivity contribution in [3.8, 4) is 10.7 Å². The molecule has 7 heteroatoms. The molecule has 1 amide bonds. The summed E-state index contributed by atoms with van der Waals surface area (Å²) in [6, 6.07) is 7.90. The van der Waals surface area contributed by atoms with E-state index in [2.05, 4.69) is 15.0 Å². The Morgan fingerprint density at radius 2 is 1.88 bits per heavy atom. The van der Waals surface area contributed by atoms with Gasteiger partial charge in [-0.2, -0.15) is 0 Å². The molecule has 4 rings (SSSR count). The van der Waals surface area contributed by atoms with E-state index >= 15 is 0 Å². The van der Waals surface area contributed by atoms with Crippen molar-refractivity contribution in [2.45, 2.75) is 26.1 Å². The third-order valence-corrected chi connectivity index (χ3v) is 5.15. The molecule has 25 heavy (non-hydrogen) atoms. The van der Waals surface area contributed by atoms with Gasteiger partial charge in [0, 0.05) is 25.5 Å². The number of rotatable bonds is 2. The number of benzene rings is 1. The molecule has 1 fully saturated rings. The highest BCUT2D eigenvalue weighted by Crippen LogP contribution is 2.30. The second-order valence-corrected chi connectivity index (χ2v) is 7.24. The Labute approximate surface area is 149 Å². The number of morpholine rings is 1. The molecule has 1 aromatic carbocycles. The lowest BCUT2D eigenvalue weighted by Gasteiger charge is -2.35. The Kier molecular flexibility index (Phi) is 4.19. The van der Waals surface area contributed by atoms with Crippen LogP contribution in [0.15, 0.2) is 36.7 Å². The lowest BCUT2D eigenvalue weighted by molar-refractivity contribution is -0.0587. The summed E-state index contributed by atoms with van der Waals surface area (Å²) >= 11 is 1.52. The summed E-state index contributed by atoms with van der Waals surface area (Å²) in [6.45, 7) is 5.06. The Bertz CT molecular complexity index is 883. The molecule has 2 aromatic heterocycles. The zero-order valence-corrected chi connectivity index (χ0v) is 14.9. The van der Waals surface area contributed by atoms with Crippen LogP contribution < -0.4 is 0 Å². The Morgan fingerprint density at radius 1 is 1.16 bits per heavy atom. The molecule has 1 aliphatic rings. The molecule has 2 atom stereocenters. The minimum Gasteiger partial charge on any atom is -0.372 e. The normalized spacial score (nSPS) is 20.8. The van der Waals surface area contributed by atoms with Crippen molar-refractivity contribution in [1.82, 2.24) is 19.9 Å². The maximum absolute atomic E-state index is 13.0. The standard InChI is InChI=1S/C18H18N4O2S/c1-11-9-22(10-12(2)24-11)18(23)16-15(19-7-8-20-16)17-21-13-5-3-4-6-14(13)25-17/h3-8,11-12H,9-10H2,1-2H3/t11-,12-/m0/s1. The van der Waals surface area contributed by atoms with Gasteiger partial charge in [0.15, 0.2) is 5.69 Å². The largest absolute Gasteiger partial charge is 0.372 e. The van der Waals surface area contributed by atoms with Crippen LogP contribution in [0.1, 0.15) is 24.3 Å². The van der Waals surface area contributed by atoms with Gasteiger partial charge in [-0.3, -0.25) is 4.79 Å². The van der Waals surface area contributed by atoms with Crippen LogP contribution in [0.3, 0.4) is 0 Å². The molecular formula is C18H18N4O2S. The van der Waals surface area contributed by atoms with Crippen LogP contribution in [-0.2, 0) is 4.74 Å². The van der Waals surface area contributed by atoms with Crippen LogP contribution in [0.2, 0.25) is 0 Å². The fraction of sp³-hybridized carbons (Fsp3) is 0.333. The van der Waals surface area contributed by atoms with Gasteiger partial charge in [-0.05, 0) is 26.0 Å².